The van der Waals surface area contributed by atoms with Gasteiger partial charge in [0.15, 0.2) is 0 Å². The first-order valence-corrected chi connectivity index (χ1v) is 8.68. The van der Waals surface area contributed by atoms with Crippen molar-refractivity contribution in [1.82, 2.24) is 10.2 Å². The van der Waals surface area contributed by atoms with Gasteiger partial charge in [-0.25, -0.2) is 9.18 Å². The van der Waals surface area contributed by atoms with E-state index in [2.05, 4.69) is 5.32 Å². The van der Waals surface area contributed by atoms with Crippen molar-refractivity contribution >= 4 is 17.9 Å². The molecule has 1 spiro atoms. The summed E-state index contributed by atoms with van der Waals surface area (Å²) in [5.74, 6) is -0.638. The number of imide groups is 1. The molecule has 1 aliphatic heterocycles. The number of urea groups is 1. The second-order valence-electron chi connectivity index (χ2n) is 6.45. The summed E-state index contributed by atoms with van der Waals surface area (Å²) in [6.07, 6.45) is 3.07. The van der Waals surface area contributed by atoms with Crippen LogP contribution in [0.1, 0.15) is 32.1 Å². The Kier molecular flexibility index (Phi) is 5.39. The normalized spacial score (nSPS) is 18.3. The molecule has 3 rings (SSSR count). The molecule has 0 radical (unpaired) electrons. The van der Waals surface area contributed by atoms with E-state index in [1.165, 1.54) is 24.3 Å². The summed E-state index contributed by atoms with van der Waals surface area (Å²) in [7, 11) is 0. The topological polar surface area (TPSA) is 84.9 Å². The van der Waals surface area contributed by atoms with Gasteiger partial charge in [0.05, 0.1) is 6.42 Å². The number of hydrogen-bond acceptors (Lipinski definition) is 5. The van der Waals surface area contributed by atoms with Gasteiger partial charge in [-0.2, -0.15) is 0 Å². The van der Waals surface area contributed by atoms with Gasteiger partial charge in [-0.1, -0.05) is 12.8 Å². The molecule has 7 nitrogen and oxygen atoms in total. The highest BCUT2D eigenvalue weighted by atomic mass is 19.1. The van der Waals surface area contributed by atoms with Crippen LogP contribution in [-0.2, 0) is 14.3 Å². The average Bonchev–Trinajstić information content (AvgIpc) is 3.18. The third-order valence-electron chi connectivity index (χ3n) is 4.67. The molecule has 1 heterocycles. The monoisotopic (exact) mass is 364 g/mol. The first-order chi connectivity index (χ1) is 12.5. The fraction of sp³-hybridized carbons (Fsp3) is 0.500. The first kappa shape index (κ1) is 18.2. The van der Waals surface area contributed by atoms with E-state index in [0.717, 1.165) is 17.7 Å². The largest absolute Gasteiger partial charge is 0.490 e. The maximum atomic E-state index is 12.8. The number of rotatable bonds is 7. The van der Waals surface area contributed by atoms with Crippen LogP contribution in [0.25, 0.3) is 0 Å². The van der Waals surface area contributed by atoms with Crippen LogP contribution in [0.15, 0.2) is 24.3 Å². The zero-order valence-corrected chi connectivity index (χ0v) is 14.3. The molecule has 26 heavy (non-hydrogen) atoms. The van der Waals surface area contributed by atoms with Crippen molar-refractivity contribution < 1.29 is 28.2 Å². The van der Waals surface area contributed by atoms with E-state index >= 15 is 0 Å². The molecular weight excluding hydrogens is 343 g/mol. The predicted octanol–water partition coefficient (Wildman–Crippen LogP) is 2.00. The predicted molar refractivity (Wildman–Crippen MR) is 88.9 cm³/mol. The highest BCUT2D eigenvalue weighted by Gasteiger charge is 2.52. The van der Waals surface area contributed by atoms with Crippen LogP contribution in [0.3, 0.4) is 0 Å². The van der Waals surface area contributed by atoms with Gasteiger partial charge in [0.2, 0.25) is 0 Å². The number of nitrogens with zero attached hydrogens (tertiary/aromatic N) is 1. The Morgan fingerprint density at radius 2 is 1.85 bits per heavy atom. The molecule has 140 valence electrons. The Morgan fingerprint density at radius 1 is 1.15 bits per heavy atom. The van der Waals surface area contributed by atoms with Crippen molar-refractivity contribution in [3.63, 3.8) is 0 Å². The zero-order valence-electron chi connectivity index (χ0n) is 14.3. The van der Waals surface area contributed by atoms with Gasteiger partial charge in [-0.3, -0.25) is 14.5 Å². The van der Waals surface area contributed by atoms with Gasteiger partial charge in [0.1, 0.15) is 30.3 Å². The molecule has 0 bridgehead atoms. The summed E-state index contributed by atoms with van der Waals surface area (Å²) < 4.78 is 23.1. The number of carbonyl (C=O) groups is 3. The summed E-state index contributed by atoms with van der Waals surface area (Å²) in [5, 5.41) is 2.77. The minimum absolute atomic E-state index is 0.00404. The molecule has 0 unspecified atom stereocenters. The lowest BCUT2D eigenvalue weighted by molar-refractivity contribution is -0.144. The van der Waals surface area contributed by atoms with Crippen LogP contribution in [-0.4, -0.2) is 48.1 Å². The minimum atomic E-state index is -0.760. The van der Waals surface area contributed by atoms with E-state index in [1.54, 1.807) is 0 Å². The molecule has 1 aliphatic carbocycles. The van der Waals surface area contributed by atoms with Crippen LogP contribution in [0.5, 0.6) is 5.75 Å². The molecule has 1 aromatic carbocycles. The molecule has 0 atom stereocenters. The van der Waals surface area contributed by atoms with Crippen molar-refractivity contribution in [1.29, 1.82) is 0 Å². The van der Waals surface area contributed by atoms with E-state index < -0.39 is 17.5 Å². The number of benzene rings is 1. The average molecular weight is 364 g/mol. The quantitative estimate of drug-likeness (QED) is 0.454. The Morgan fingerprint density at radius 3 is 2.54 bits per heavy atom. The van der Waals surface area contributed by atoms with Gasteiger partial charge in [0.25, 0.3) is 5.91 Å². The van der Waals surface area contributed by atoms with Gasteiger partial charge < -0.3 is 14.8 Å². The van der Waals surface area contributed by atoms with Gasteiger partial charge in [-0.15, -0.1) is 0 Å². The van der Waals surface area contributed by atoms with Crippen molar-refractivity contribution in [2.75, 3.05) is 19.8 Å². The summed E-state index contributed by atoms with van der Waals surface area (Å²) >= 11 is 0. The molecule has 1 saturated heterocycles. The van der Waals surface area contributed by atoms with Gasteiger partial charge in [-0.05, 0) is 37.1 Å². The lowest BCUT2D eigenvalue weighted by Gasteiger charge is -2.19. The SMILES string of the molecule is O=C(CCN1C(=O)NC2(CCCC2)C1=O)OCCOc1ccc(F)cc1. The smallest absolute Gasteiger partial charge is 0.325 e. The van der Waals surface area contributed by atoms with E-state index in [0.29, 0.717) is 18.6 Å². The summed E-state index contributed by atoms with van der Waals surface area (Å²) in [4.78, 5) is 37.3. The van der Waals surface area contributed by atoms with Crippen LogP contribution in [0, 0.1) is 5.82 Å². The Balaban J connectivity index is 1.37. The number of carbonyl (C=O) groups excluding carboxylic acids is 3. The molecule has 1 N–H and O–H groups in total. The Hall–Kier alpha value is -2.64. The zero-order chi connectivity index (χ0) is 18.6. The molecule has 0 aromatic heterocycles. The summed E-state index contributed by atoms with van der Waals surface area (Å²) in [6.45, 7) is 0.161. The summed E-state index contributed by atoms with van der Waals surface area (Å²) in [6, 6.07) is 5.07. The molecule has 8 heteroatoms. The lowest BCUT2D eigenvalue weighted by Crippen LogP contribution is -2.44. The van der Waals surface area contributed by atoms with E-state index in [4.69, 9.17) is 9.47 Å². The second kappa shape index (κ2) is 7.72. The molecule has 3 amide bonds. The van der Waals surface area contributed by atoms with E-state index in [-0.39, 0.29) is 37.9 Å². The number of ether oxygens (including phenoxy) is 2. The lowest BCUT2D eigenvalue weighted by atomic mass is 9.98. The first-order valence-electron chi connectivity index (χ1n) is 8.68. The molecule has 1 aromatic rings. The maximum absolute atomic E-state index is 12.8. The molecule has 1 saturated carbocycles. The van der Waals surface area contributed by atoms with Crippen molar-refractivity contribution in [3.8, 4) is 5.75 Å². The van der Waals surface area contributed by atoms with Gasteiger partial charge >= 0.3 is 12.0 Å². The van der Waals surface area contributed by atoms with E-state index in [1.807, 2.05) is 0 Å². The van der Waals surface area contributed by atoms with Crippen LogP contribution in [0.2, 0.25) is 0 Å². The number of hydrogen-bond donors (Lipinski definition) is 1. The second-order valence-corrected chi connectivity index (χ2v) is 6.45. The fourth-order valence-electron chi connectivity index (χ4n) is 3.32. The highest BCUT2D eigenvalue weighted by Crippen LogP contribution is 2.35. The van der Waals surface area contributed by atoms with Crippen LogP contribution in [0.4, 0.5) is 9.18 Å². The number of halogens is 1. The molecular formula is C18H21FN2O5. The molecule has 2 aliphatic rings. The van der Waals surface area contributed by atoms with Crippen molar-refractivity contribution in [2.45, 2.75) is 37.6 Å². The van der Waals surface area contributed by atoms with Crippen LogP contribution >= 0.6 is 0 Å². The highest BCUT2D eigenvalue weighted by molar-refractivity contribution is 6.07. The minimum Gasteiger partial charge on any atom is -0.490 e. The Bertz CT molecular complexity index is 685. The third kappa shape index (κ3) is 3.95. The van der Waals surface area contributed by atoms with E-state index in [9.17, 15) is 18.8 Å². The fourth-order valence-corrected chi connectivity index (χ4v) is 3.32. The van der Waals surface area contributed by atoms with Crippen LogP contribution < -0.4 is 10.1 Å². The maximum Gasteiger partial charge on any atom is 0.325 e. The summed E-state index contributed by atoms with van der Waals surface area (Å²) in [5.41, 5.74) is -0.760. The third-order valence-corrected chi connectivity index (χ3v) is 4.67. The Labute approximate surface area is 150 Å². The molecule has 2 fully saturated rings. The standard InChI is InChI=1S/C18H21FN2O5/c19-13-3-5-14(6-4-13)25-11-12-26-15(22)7-10-21-16(23)18(20-17(21)24)8-1-2-9-18/h3-6H,1-2,7-12H2,(H,20,24). The van der Waals surface area contributed by atoms with Crippen molar-refractivity contribution in [2.24, 2.45) is 0 Å². The van der Waals surface area contributed by atoms with Crippen molar-refractivity contribution in [3.05, 3.63) is 30.1 Å². The number of amides is 3. The number of nitrogens with one attached hydrogen (secondary N) is 1. The number of esters is 1. The van der Waals surface area contributed by atoms with Gasteiger partial charge in [0, 0.05) is 6.54 Å².